The Balaban J connectivity index is 2.96. The number of carbonyl (C=O) groups excluding carboxylic acids is 1. The first-order valence-electron chi connectivity index (χ1n) is 4.86. The Bertz CT molecular complexity index is 518. The van der Waals surface area contributed by atoms with Crippen molar-refractivity contribution in [3.63, 3.8) is 0 Å². The standard InChI is InChI=1S/C12H9N3O2/c1-2-17-12(16)10(7-14)5-11-4-3-9(6-13)8-15-11/h3-5,8H,2H2,1H3. The molecular weight excluding hydrogens is 218 g/mol. The Hall–Kier alpha value is -2.66. The summed E-state index contributed by atoms with van der Waals surface area (Å²) in [6.45, 7) is 1.87. The molecule has 5 nitrogen and oxygen atoms in total. The first-order chi connectivity index (χ1) is 8.21. The normalized spacial score (nSPS) is 10.2. The molecule has 84 valence electrons. The third-order valence-corrected chi connectivity index (χ3v) is 1.82. The minimum Gasteiger partial charge on any atom is -0.462 e. The summed E-state index contributed by atoms with van der Waals surface area (Å²) in [6, 6.07) is 6.78. The lowest BCUT2D eigenvalue weighted by atomic mass is 10.2. The number of carbonyl (C=O) groups is 1. The molecule has 0 unspecified atom stereocenters. The first-order valence-corrected chi connectivity index (χ1v) is 4.86. The maximum Gasteiger partial charge on any atom is 0.348 e. The SMILES string of the molecule is CCOC(=O)C(C#N)=Cc1ccc(C#N)cn1. The maximum atomic E-state index is 11.3. The van der Waals surface area contributed by atoms with E-state index in [0.717, 1.165) is 0 Å². The second kappa shape index (κ2) is 6.04. The fourth-order valence-electron chi connectivity index (χ4n) is 1.05. The molecule has 0 bridgehead atoms. The van der Waals surface area contributed by atoms with Crippen molar-refractivity contribution in [1.82, 2.24) is 4.98 Å². The van der Waals surface area contributed by atoms with Crippen molar-refractivity contribution in [3.05, 3.63) is 35.2 Å². The van der Waals surface area contributed by atoms with Crippen LogP contribution in [0.4, 0.5) is 0 Å². The van der Waals surface area contributed by atoms with Crippen LogP contribution in [0.5, 0.6) is 0 Å². The van der Waals surface area contributed by atoms with Crippen LogP contribution in [0.3, 0.4) is 0 Å². The molecule has 1 rings (SSSR count). The number of esters is 1. The summed E-state index contributed by atoms with van der Waals surface area (Å²) in [7, 11) is 0. The molecule has 0 saturated heterocycles. The number of pyridine rings is 1. The highest BCUT2D eigenvalue weighted by Crippen LogP contribution is 2.06. The van der Waals surface area contributed by atoms with Gasteiger partial charge in [-0.2, -0.15) is 10.5 Å². The number of nitriles is 2. The molecule has 0 N–H and O–H groups in total. The number of hydrogen-bond donors (Lipinski definition) is 0. The molecular formula is C12H9N3O2. The van der Waals surface area contributed by atoms with Gasteiger partial charge >= 0.3 is 5.97 Å². The molecule has 0 fully saturated rings. The van der Waals surface area contributed by atoms with Gasteiger partial charge in [0.1, 0.15) is 17.7 Å². The molecule has 5 heteroatoms. The summed E-state index contributed by atoms with van der Waals surface area (Å²) >= 11 is 0. The largest absolute Gasteiger partial charge is 0.462 e. The highest BCUT2D eigenvalue weighted by Gasteiger charge is 2.09. The lowest BCUT2D eigenvalue weighted by Gasteiger charge is -1.99. The average Bonchev–Trinajstić information content (AvgIpc) is 2.37. The fraction of sp³-hybridized carbons (Fsp3) is 0.167. The minimum absolute atomic E-state index is 0.121. The van der Waals surface area contributed by atoms with Gasteiger partial charge in [0.15, 0.2) is 0 Å². The molecule has 0 spiro atoms. The molecule has 0 atom stereocenters. The number of ether oxygens (including phenoxy) is 1. The van der Waals surface area contributed by atoms with Gasteiger partial charge in [-0.1, -0.05) is 0 Å². The third-order valence-electron chi connectivity index (χ3n) is 1.82. The van der Waals surface area contributed by atoms with Gasteiger partial charge < -0.3 is 4.74 Å². The van der Waals surface area contributed by atoms with Crippen LogP contribution in [-0.4, -0.2) is 17.6 Å². The van der Waals surface area contributed by atoms with Crippen molar-refractivity contribution in [2.75, 3.05) is 6.61 Å². The van der Waals surface area contributed by atoms with Gasteiger partial charge in [0.25, 0.3) is 0 Å². The molecule has 0 saturated carbocycles. The Morgan fingerprint density at radius 1 is 1.53 bits per heavy atom. The van der Waals surface area contributed by atoms with Crippen molar-refractivity contribution in [2.24, 2.45) is 0 Å². The summed E-state index contributed by atoms with van der Waals surface area (Å²) in [5, 5.41) is 17.4. The third kappa shape index (κ3) is 3.44. The number of aromatic nitrogens is 1. The van der Waals surface area contributed by atoms with Crippen LogP contribution < -0.4 is 0 Å². The van der Waals surface area contributed by atoms with Crippen LogP contribution in [0, 0.1) is 22.7 Å². The molecule has 1 aromatic rings. The van der Waals surface area contributed by atoms with E-state index in [0.29, 0.717) is 11.3 Å². The fourth-order valence-corrected chi connectivity index (χ4v) is 1.05. The Kier molecular flexibility index (Phi) is 4.41. The van der Waals surface area contributed by atoms with E-state index in [1.807, 2.05) is 6.07 Å². The molecule has 0 aliphatic heterocycles. The van der Waals surface area contributed by atoms with Gasteiger partial charge in [0, 0.05) is 6.20 Å². The minimum atomic E-state index is -0.679. The van der Waals surface area contributed by atoms with E-state index in [1.54, 1.807) is 25.1 Å². The molecule has 1 heterocycles. The highest BCUT2D eigenvalue weighted by atomic mass is 16.5. The zero-order valence-electron chi connectivity index (χ0n) is 9.17. The lowest BCUT2D eigenvalue weighted by Crippen LogP contribution is -2.06. The molecule has 0 amide bonds. The van der Waals surface area contributed by atoms with Crippen molar-refractivity contribution in [2.45, 2.75) is 6.92 Å². The van der Waals surface area contributed by atoms with Crippen LogP contribution in [0.2, 0.25) is 0 Å². The summed E-state index contributed by atoms with van der Waals surface area (Å²) in [5.41, 5.74) is 0.717. The Labute approximate surface area is 98.6 Å². The van der Waals surface area contributed by atoms with E-state index in [9.17, 15) is 4.79 Å². The topological polar surface area (TPSA) is 86.8 Å². The van der Waals surface area contributed by atoms with Crippen LogP contribution >= 0.6 is 0 Å². The summed E-state index contributed by atoms with van der Waals surface area (Å²) in [6.07, 6.45) is 2.69. The summed E-state index contributed by atoms with van der Waals surface area (Å²) < 4.78 is 4.70. The van der Waals surface area contributed by atoms with E-state index in [1.165, 1.54) is 12.3 Å². The van der Waals surface area contributed by atoms with E-state index >= 15 is 0 Å². The van der Waals surface area contributed by atoms with E-state index in [4.69, 9.17) is 15.3 Å². The Morgan fingerprint density at radius 3 is 2.76 bits per heavy atom. The molecule has 0 radical (unpaired) electrons. The van der Waals surface area contributed by atoms with Crippen molar-refractivity contribution < 1.29 is 9.53 Å². The summed E-state index contributed by atoms with van der Waals surface area (Å²) in [4.78, 5) is 15.2. The number of nitrogens with zero attached hydrogens (tertiary/aromatic N) is 3. The van der Waals surface area contributed by atoms with Gasteiger partial charge in [-0.25, -0.2) is 4.79 Å². The predicted molar refractivity (Wildman–Crippen MR) is 59.2 cm³/mol. The molecule has 0 aliphatic rings. The quantitative estimate of drug-likeness (QED) is 0.442. The van der Waals surface area contributed by atoms with Crippen molar-refractivity contribution >= 4 is 12.0 Å². The van der Waals surface area contributed by atoms with Crippen molar-refractivity contribution in [3.8, 4) is 12.1 Å². The zero-order chi connectivity index (χ0) is 12.7. The first kappa shape index (κ1) is 12.4. The van der Waals surface area contributed by atoms with Gasteiger partial charge in [-0.15, -0.1) is 0 Å². The van der Waals surface area contributed by atoms with E-state index < -0.39 is 5.97 Å². The van der Waals surface area contributed by atoms with Crippen LogP contribution in [0.25, 0.3) is 6.08 Å². The smallest absolute Gasteiger partial charge is 0.348 e. The van der Waals surface area contributed by atoms with E-state index in [2.05, 4.69) is 4.98 Å². The second-order valence-corrected chi connectivity index (χ2v) is 2.97. The highest BCUT2D eigenvalue weighted by molar-refractivity contribution is 5.97. The molecule has 17 heavy (non-hydrogen) atoms. The predicted octanol–water partition coefficient (Wildman–Crippen LogP) is 1.42. The number of rotatable bonds is 3. The van der Waals surface area contributed by atoms with Gasteiger partial charge in [0.2, 0.25) is 0 Å². The van der Waals surface area contributed by atoms with Crippen molar-refractivity contribution in [1.29, 1.82) is 10.5 Å². The maximum absolute atomic E-state index is 11.3. The van der Waals surface area contributed by atoms with E-state index in [-0.39, 0.29) is 12.2 Å². The monoisotopic (exact) mass is 227 g/mol. The zero-order valence-corrected chi connectivity index (χ0v) is 9.17. The van der Waals surface area contributed by atoms with Gasteiger partial charge in [0.05, 0.1) is 17.9 Å². The number of hydrogen-bond acceptors (Lipinski definition) is 5. The van der Waals surface area contributed by atoms with Crippen LogP contribution in [0.15, 0.2) is 23.9 Å². The van der Waals surface area contributed by atoms with Crippen LogP contribution in [-0.2, 0) is 9.53 Å². The molecule has 0 aromatic carbocycles. The molecule has 1 aromatic heterocycles. The van der Waals surface area contributed by atoms with Crippen LogP contribution in [0.1, 0.15) is 18.2 Å². The summed E-state index contributed by atoms with van der Waals surface area (Å²) in [5.74, 6) is -0.679. The second-order valence-electron chi connectivity index (χ2n) is 2.97. The van der Waals surface area contributed by atoms with Gasteiger partial charge in [-0.3, -0.25) is 4.98 Å². The lowest BCUT2D eigenvalue weighted by molar-refractivity contribution is -0.137. The Morgan fingerprint density at radius 2 is 2.29 bits per heavy atom. The van der Waals surface area contributed by atoms with Gasteiger partial charge in [-0.05, 0) is 25.1 Å². The molecule has 0 aliphatic carbocycles. The average molecular weight is 227 g/mol.